The lowest BCUT2D eigenvalue weighted by molar-refractivity contribution is -0.222. The van der Waals surface area contributed by atoms with Crippen LogP contribution in [0.4, 0.5) is 13.2 Å². The zero-order valence-corrected chi connectivity index (χ0v) is 13.0. The Morgan fingerprint density at radius 2 is 1.76 bits per heavy atom. The summed E-state index contributed by atoms with van der Waals surface area (Å²) in [6.45, 7) is 6.96. The molecule has 1 fully saturated rings. The first kappa shape index (κ1) is 18.3. The standard InChI is InChI=1S/C15H26F3NO2/c1-14(2,3)8-4-5-12(20)19-9-6-11(7-10-19)13(21)15(16,17)18/h11,13,21H,4-10H2,1-3H3. The minimum atomic E-state index is -4.57. The summed E-state index contributed by atoms with van der Waals surface area (Å²) in [4.78, 5) is 13.6. The summed E-state index contributed by atoms with van der Waals surface area (Å²) in [6, 6.07) is 0. The van der Waals surface area contributed by atoms with E-state index in [0.717, 1.165) is 12.8 Å². The summed E-state index contributed by atoms with van der Waals surface area (Å²) < 4.78 is 37.3. The summed E-state index contributed by atoms with van der Waals surface area (Å²) in [5, 5.41) is 9.24. The van der Waals surface area contributed by atoms with Crippen LogP contribution in [-0.4, -0.2) is 41.3 Å². The number of carbonyl (C=O) groups is 1. The minimum absolute atomic E-state index is 0.0131. The molecule has 0 aromatic rings. The molecule has 1 N–H and O–H groups in total. The van der Waals surface area contributed by atoms with E-state index in [1.165, 1.54) is 0 Å². The number of piperidine rings is 1. The first-order chi connectivity index (χ1) is 9.50. The van der Waals surface area contributed by atoms with Crippen LogP contribution in [0.3, 0.4) is 0 Å². The van der Waals surface area contributed by atoms with Gasteiger partial charge in [-0.05, 0) is 37.0 Å². The van der Waals surface area contributed by atoms with Gasteiger partial charge in [-0.15, -0.1) is 0 Å². The highest BCUT2D eigenvalue weighted by Crippen LogP contribution is 2.32. The Labute approximate surface area is 124 Å². The van der Waals surface area contributed by atoms with Crippen LogP contribution in [0.1, 0.15) is 52.9 Å². The van der Waals surface area contributed by atoms with Gasteiger partial charge in [0.05, 0.1) is 0 Å². The minimum Gasteiger partial charge on any atom is -0.383 e. The second kappa shape index (κ2) is 6.99. The number of nitrogens with zero attached hydrogens (tertiary/aromatic N) is 1. The van der Waals surface area contributed by atoms with E-state index in [2.05, 4.69) is 20.8 Å². The third kappa shape index (κ3) is 6.24. The highest BCUT2D eigenvalue weighted by atomic mass is 19.4. The SMILES string of the molecule is CC(C)(C)CCCC(=O)N1CCC(C(O)C(F)(F)F)CC1. The summed E-state index contributed by atoms with van der Waals surface area (Å²) in [7, 11) is 0. The van der Waals surface area contributed by atoms with Crippen molar-refractivity contribution < 1.29 is 23.1 Å². The molecule has 6 heteroatoms. The van der Waals surface area contributed by atoms with Crippen molar-refractivity contribution in [2.75, 3.05) is 13.1 Å². The van der Waals surface area contributed by atoms with Gasteiger partial charge in [-0.1, -0.05) is 20.8 Å². The second-order valence-corrected chi connectivity index (χ2v) is 7.12. The monoisotopic (exact) mass is 309 g/mol. The van der Waals surface area contributed by atoms with E-state index in [9.17, 15) is 23.1 Å². The van der Waals surface area contributed by atoms with Gasteiger partial charge in [0.15, 0.2) is 6.10 Å². The van der Waals surface area contributed by atoms with Crippen LogP contribution >= 0.6 is 0 Å². The van der Waals surface area contributed by atoms with Crippen LogP contribution < -0.4 is 0 Å². The fourth-order valence-corrected chi connectivity index (χ4v) is 2.66. The van der Waals surface area contributed by atoms with E-state index in [1.54, 1.807) is 4.90 Å². The van der Waals surface area contributed by atoms with Gasteiger partial charge < -0.3 is 10.0 Å². The van der Waals surface area contributed by atoms with E-state index < -0.39 is 18.2 Å². The Morgan fingerprint density at radius 3 is 2.19 bits per heavy atom. The molecule has 124 valence electrons. The topological polar surface area (TPSA) is 40.5 Å². The van der Waals surface area contributed by atoms with Gasteiger partial charge in [-0.25, -0.2) is 0 Å². The molecule has 1 amide bonds. The number of amides is 1. The zero-order chi connectivity index (χ0) is 16.3. The number of aliphatic hydroxyl groups excluding tert-OH is 1. The van der Waals surface area contributed by atoms with Crippen molar-refractivity contribution in [1.29, 1.82) is 0 Å². The van der Waals surface area contributed by atoms with Gasteiger partial charge in [0.2, 0.25) is 5.91 Å². The van der Waals surface area contributed by atoms with Gasteiger partial charge in [-0.2, -0.15) is 13.2 Å². The summed E-state index contributed by atoms with van der Waals surface area (Å²) in [5.74, 6) is -0.775. The van der Waals surface area contributed by atoms with Crippen molar-refractivity contribution in [2.45, 2.75) is 65.2 Å². The Hall–Kier alpha value is -0.780. The van der Waals surface area contributed by atoms with Gasteiger partial charge >= 0.3 is 6.18 Å². The van der Waals surface area contributed by atoms with Crippen molar-refractivity contribution in [2.24, 2.45) is 11.3 Å². The normalized spacial score (nSPS) is 19.7. The van der Waals surface area contributed by atoms with Gasteiger partial charge in [0.1, 0.15) is 0 Å². The quantitative estimate of drug-likeness (QED) is 0.865. The van der Waals surface area contributed by atoms with Gasteiger partial charge in [-0.3, -0.25) is 4.79 Å². The number of alkyl halides is 3. The van der Waals surface area contributed by atoms with Crippen LogP contribution in [0.15, 0.2) is 0 Å². The molecule has 0 radical (unpaired) electrons. The van der Waals surface area contributed by atoms with Crippen molar-refractivity contribution >= 4 is 5.91 Å². The first-order valence-corrected chi connectivity index (χ1v) is 7.53. The number of likely N-dealkylation sites (tertiary alicyclic amines) is 1. The molecule has 1 aliphatic rings. The third-order valence-electron chi connectivity index (χ3n) is 3.99. The lowest BCUT2D eigenvalue weighted by atomic mass is 9.89. The van der Waals surface area contributed by atoms with Crippen LogP contribution in [0.25, 0.3) is 0 Å². The molecule has 1 saturated heterocycles. The molecule has 1 heterocycles. The van der Waals surface area contributed by atoms with E-state index in [1.807, 2.05) is 0 Å². The van der Waals surface area contributed by atoms with Crippen molar-refractivity contribution in [3.63, 3.8) is 0 Å². The number of hydrogen-bond donors (Lipinski definition) is 1. The lowest BCUT2D eigenvalue weighted by Crippen LogP contribution is -2.45. The lowest BCUT2D eigenvalue weighted by Gasteiger charge is -2.35. The van der Waals surface area contributed by atoms with Gasteiger partial charge in [0.25, 0.3) is 0 Å². The van der Waals surface area contributed by atoms with Gasteiger partial charge in [0, 0.05) is 19.5 Å². The average molecular weight is 309 g/mol. The molecule has 1 atom stereocenters. The highest BCUT2D eigenvalue weighted by molar-refractivity contribution is 5.76. The first-order valence-electron chi connectivity index (χ1n) is 7.53. The predicted molar refractivity (Wildman–Crippen MR) is 74.7 cm³/mol. The van der Waals surface area contributed by atoms with Crippen molar-refractivity contribution in [3.8, 4) is 0 Å². The fraction of sp³-hybridized carbons (Fsp3) is 0.933. The van der Waals surface area contributed by atoms with Crippen LogP contribution in [-0.2, 0) is 4.79 Å². The molecule has 0 aromatic carbocycles. The molecule has 0 saturated carbocycles. The Morgan fingerprint density at radius 1 is 1.24 bits per heavy atom. The van der Waals surface area contributed by atoms with Crippen LogP contribution in [0, 0.1) is 11.3 Å². The molecule has 0 spiro atoms. The van der Waals surface area contributed by atoms with E-state index in [4.69, 9.17) is 0 Å². The maximum absolute atomic E-state index is 12.4. The summed E-state index contributed by atoms with van der Waals surface area (Å²) in [6.07, 6.45) is -4.21. The molecule has 0 aliphatic carbocycles. The molecule has 1 unspecified atom stereocenters. The van der Waals surface area contributed by atoms with E-state index in [0.29, 0.717) is 19.5 Å². The van der Waals surface area contributed by atoms with Crippen molar-refractivity contribution in [1.82, 2.24) is 4.90 Å². The number of halogens is 3. The van der Waals surface area contributed by atoms with Crippen LogP contribution in [0.2, 0.25) is 0 Å². The Kier molecular flexibility index (Phi) is 6.08. The third-order valence-corrected chi connectivity index (χ3v) is 3.99. The molecule has 3 nitrogen and oxygen atoms in total. The maximum atomic E-state index is 12.4. The molecule has 1 rings (SSSR count). The number of aliphatic hydroxyl groups is 1. The van der Waals surface area contributed by atoms with E-state index >= 15 is 0 Å². The molecule has 0 aromatic heterocycles. The molecular weight excluding hydrogens is 283 g/mol. The van der Waals surface area contributed by atoms with Crippen molar-refractivity contribution in [3.05, 3.63) is 0 Å². The Bertz CT molecular complexity index is 342. The second-order valence-electron chi connectivity index (χ2n) is 7.12. The van der Waals surface area contributed by atoms with Crippen LogP contribution in [0.5, 0.6) is 0 Å². The molecule has 1 aliphatic heterocycles. The largest absolute Gasteiger partial charge is 0.414 e. The Balaban J connectivity index is 2.34. The number of rotatable bonds is 4. The molecule has 0 bridgehead atoms. The van der Waals surface area contributed by atoms with E-state index in [-0.39, 0.29) is 24.2 Å². The maximum Gasteiger partial charge on any atom is 0.414 e. The molecule has 21 heavy (non-hydrogen) atoms. The highest BCUT2D eigenvalue weighted by Gasteiger charge is 2.44. The number of hydrogen-bond acceptors (Lipinski definition) is 2. The summed E-state index contributed by atoms with van der Waals surface area (Å²) in [5.41, 5.74) is 0.185. The number of carbonyl (C=O) groups excluding carboxylic acids is 1. The fourth-order valence-electron chi connectivity index (χ4n) is 2.66. The zero-order valence-electron chi connectivity index (χ0n) is 13.0. The predicted octanol–water partition coefficient (Wildman–Crippen LogP) is 3.36. The molecular formula is C15H26F3NO2. The summed E-state index contributed by atoms with van der Waals surface area (Å²) >= 11 is 0. The smallest absolute Gasteiger partial charge is 0.383 e. The average Bonchev–Trinajstić information content (AvgIpc) is 2.35.